The molecule has 206 valence electrons. The molecule has 2 aliphatic heterocycles. The first-order chi connectivity index (χ1) is 19.1. The van der Waals surface area contributed by atoms with Gasteiger partial charge in [0, 0.05) is 24.2 Å². The fourth-order valence-electron chi connectivity index (χ4n) is 4.50. The van der Waals surface area contributed by atoms with Crippen LogP contribution in [0.1, 0.15) is 18.4 Å². The van der Waals surface area contributed by atoms with E-state index in [4.69, 9.17) is 18.9 Å². The Hall–Kier alpha value is -3.61. The number of fused-ring (bicyclic) bond motifs is 2. The molecule has 1 fully saturated rings. The van der Waals surface area contributed by atoms with E-state index in [1.54, 1.807) is 25.3 Å². The number of thioether (sulfide) groups is 1. The number of ether oxygens (including phenoxy) is 4. The third-order valence-electron chi connectivity index (χ3n) is 6.45. The van der Waals surface area contributed by atoms with Crippen LogP contribution in [0.2, 0.25) is 0 Å². The minimum Gasteiger partial charge on any atom is -0.489 e. The molecule has 3 heterocycles. The Balaban J connectivity index is 1.14. The zero-order valence-electron chi connectivity index (χ0n) is 21.9. The summed E-state index contributed by atoms with van der Waals surface area (Å²) >= 11 is 1.49. The molecule has 1 aromatic heterocycles. The quantitative estimate of drug-likeness (QED) is 0.322. The van der Waals surface area contributed by atoms with Crippen LogP contribution in [0.15, 0.2) is 41.4 Å². The first-order valence-electron chi connectivity index (χ1n) is 12.8. The lowest BCUT2D eigenvalue weighted by molar-refractivity contribution is -0.113. The summed E-state index contributed by atoms with van der Waals surface area (Å²) in [5.74, 6) is 1.45. The van der Waals surface area contributed by atoms with E-state index >= 15 is 0 Å². The van der Waals surface area contributed by atoms with Crippen molar-refractivity contribution in [3.8, 4) is 11.6 Å². The van der Waals surface area contributed by atoms with Crippen molar-refractivity contribution in [1.82, 2.24) is 15.3 Å². The maximum Gasteiger partial charge on any atom is 0.414 e. The molecule has 2 amide bonds. The van der Waals surface area contributed by atoms with Gasteiger partial charge < -0.3 is 29.6 Å². The second-order valence-electron chi connectivity index (χ2n) is 9.13. The molecule has 5 rings (SSSR count). The number of cyclic esters (lactones) is 1. The monoisotopic (exact) mass is 553 g/mol. The van der Waals surface area contributed by atoms with E-state index in [-0.39, 0.29) is 18.1 Å². The van der Waals surface area contributed by atoms with Crippen LogP contribution in [-0.2, 0) is 20.8 Å². The maximum absolute atomic E-state index is 12.5. The Morgan fingerprint density at radius 2 is 2.08 bits per heavy atom. The van der Waals surface area contributed by atoms with Crippen LogP contribution in [0.5, 0.6) is 11.6 Å². The molecule has 0 aliphatic carbocycles. The summed E-state index contributed by atoms with van der Waals surface area (Å²) in [5, 5.41) is 6.32. The number of carbonyl (C=O) groups is 2. The standard InChI is InChI=1S/C27H31N5O6S/c1-35-10-11-37-21-7-5-17(25-26(21)29-14-24(31-25)36-2)13-28-9-3-4-19-15-32(27(34)38-19)18-6-8-22-20(12-18)30-23(33)16-39-22/h5-8,12,14,19,28H,3-4,9-11,13,15-16H2,1-2H3,(H,30,33)/t19-/m0/s1. The van der Waals surface area contributed by atoms with Crippen molar-refractivity contribution >= 4 is 46.2 Å². The summed E-state index contributed by atoms with van der Waals surface area (Å²) < 4.78 is 21.8. The minimum absolute atomic E-state index is 0.0374. The van der Waals surface area contributed by atoms with Crippen molar-refractivity contribution in [2.45, 2.75) is 30.4 Å². The molecule has 1 saturated heterocycles. The normalized spacial score (nSPS) is 16.7. The lowest BCUT2D eigenvalue weighted by atomic mass is 10.1. The third kappa shape index (κ3) is 6.35. The van der Waals surface area contributed by atoms with Crippen LogP contribution in [0.3, 0.4) is 0 Å². The molecule has 0 radical (unpaired) electrons. The second-order valence-corrected chi connectivity index (χ2v) is 10.1. The molecular formula is C27H31N5O6S. The fourth-order valence-corrected chi connectivity index (χ4v) is 5.29. The van der Waals surface area contributed by atoms with E-state index in [1.807, 2.05) is 30.3 Å². The molecule has 2 aromatic carbocycles. The number of nitrogens with zero attached hydrogens (tertiary/aromatic N) is 3. The molecule has 0 spiro atoms. The predicted molar refractivity (Wildman–Crippen MR) is 148 cm³/mol. The number of benzene rings is 2. The van der Waals surface area contributed by atoms with Crippen molar-refractivity contribution in [3.63, 3.8) is 0 Å². The van der Waals surface area contributed by atoms with Gasteiger partial charge in [-0.3, -0.25) is 9.69 Å². The number of hydrogen-bond donors (Lipinski definition) is 2. The highest BCUT2D eigenvalue weighted by Gasteiger charge is 2.32. The zero-order chi connectivity index (χ0) is 27.2. The predicted octanol–water partition coefficient (Wildman–Crippen LogP) is 3.60. The average molecular weight is 554 g/mol. The number of nitrogens with one attached hydrogen (secondary N) is 2. The Morgan fingerprint density at radius 1 is 1.18 bits per heavy atom. The molecule has 11 nitrogen and oxygen atoms in total. The molecular weight excluding hydrogens is 522 g/mol. The highest BCUT2D eigenvalue weighted by Crippen LogP contribution is 2.35. The Morgan fingerprint density at radius 3 is 2.92 bits per heavy atom. The third-order valence-corrected chi connectivity index (χ3v) is 7.53. The van der Waals surface area contributed by atoms with Gasteiger partial charge in [0.05, 0.1) is 37.9 Å². The van der Waals surface area contributed by atoms with Crippen molar-refractivity contribution in [1.29, 1.82) is 0 Å². The van der Waals surface area contributed by atoms with E-state index in [0.717, 1.165) is 46.7 Å². The number of hydrogen-bond acceptors (Lipinski definition) is 10. The zero-order valence-corrected chi connectivity index (χ0v) is 22.7. The van der Waals surface area contributed by atoms with Gasteiger partial charge in [0.25, 0.3) is 0 Å². The van der Waals surface area contributed by atoms with Gasteiger partial charge >= 0.3 is 6.09 Å². The second kappa shape index (κ2) is 12.5. The van der Waals surface area contributed by atoms with E-state index < -0.39 is 0 Å². The van der Waals surface area contributed by atoms with Gasteiger partial charge in [-0.15, -0.1) is 11.8 Å². The first kappa shape index (κ1) is 27.0. The molecule has 2 aliphatic rings. The molecule has 2 N–H and O–H groups in total. The van der Waals surface area contributed by atoms with Crippen LogP contribution >= 0.6 is 11.8 Å². The number of methoxy groups -OCH3 is 2. The van der Waals surface area contributed by atoms with Gasteiger partial charge in [0.2, 0.25) is 11.8 Å². The summed E-state index contributed by atoms with van der Waals surface area (Å²) in [6.45, 7) is 2.70. The number of amides is 2. The summed E-state index contributed by atoms with van der Waals surface area (Å²) in [7, 11) is 3.19. The van der Waals surface area contributed by atoms with Gasteiger partial charge in [-0.05, 0) is 49.2 Å². The van der Waals surface area contributed by atoms with Crippen LogP contribution in [0.25, 0.3) is 11.0 Å². The molecule has 3 aromatic rings. The largest absolute Gasteiger partial charge is 0.489 e. The molecule has 0 saturated carbocycles. The van der Waals surface area contributed by atoms with E-state index in [9.17, 15) is 9.59 Å². The lowest BCUT2D eigenvalue weighted by Crippen LogP contribution is -2.25. The smallest absolute Gasteiger partial charge is 0.414 e. The first-order valence-corrected chi connectivity index (χ1v) is 13.7. The minimum atomic E-state index is -0.366. The molecule has 12 heteroatoms. The van der Waals surface area contributed by atoms with Crippen LogP contribution in [0, 0.1) is 0 Å². The van der Waals surface area contributed by atoms with Gasteiger partial charge in [0.15, 0.2) is 0 Å². The van der Waals surface area contributed by atoms with Crippen molar-refractivity contribution in [3.05, 3.63) is 42.1 Å². The van der Waals surface area contributed by atoms with Gasteiger partial charge in [-0.25, -0.2) is 14.8 Å². The lowest BCUT2D eigenvalue weighted by Gasteiger charge is -2.20. The molecule has 0 unspecified atom stereocenters. The van der Waals surface area contributed by atoms with Crippen molar-refractivity contribution < 1.29 is 28.5 Å². The summed E-state index contributed by atoms with van der Waals surface area (Å²) in [4.78, 5) is 36.0. The van der Waals surface area contributed by atoms with Gasteiger partial charge in [-0.2, -0.15) is 0 Å². The van der Waals surface area contributed by atoms with E-state index in [2.05, 4.69) is 20.6 Å². The Labute approximate surface area is 230 Å². The summed E-state index contributed by atoms with van der Waals surface area (Å²) in [6.07, 6.45) is 2.57. The Bertz CT molecular complexity index is 1360. The Kier molecular flexibility index (Phi) is 8.64. The van der Waals surface area contributed by atoms with Crippen molar-refractivity contribution in [2.75, 3.05) is 56.5 Å². The van der Waals surface area contributed by atoms with Gasteiger partial charge in [-0.1, -0.05) is 6.07 Å². The number of aromatic nitrogens is 2. The molecule has 0 bridgehead atoms. The van der Waals surface area contributed by atoms with Crippen LogP contribution in [-0.4, -0.2) is 74.3 Å². The van der Waals surface area contributed by atoms with Crippen LogP contribution < -0.4 is 25.0 Å². The van der Waals surface area contributed by atoms with Gasteiger partial charge in [0.1, 0.15) is 29.5 Å². The fraction of sp³-hybridized carbons (Fsp3) is 0.407. The topological polar surface area (TPSA) is 124 Å². The highest BCUT2D eigenvalue weighted by atomic mass is 32.2. The number of carbonyl (C=O) groups excluding carboxylic acids is 2. The number of anilines is 2. The van der Waals surface area contributed by atoms with Crippen molar-refractivity contribution in [2.24, 2.45) is 0 Å². The van der Waals surface area contributed by atoms with Crippen LogP contribution in [0.4, 0.5) is 16.2 Å². The molecule has 39 heavy (non-hydrogen) atoms. The summed E-state index contributed by atoms with van der Waals surface area (Å²) in [5.41, 5.74) is 3.83. The summed E-state index contributed by atoms with van der Waals surface area (Å²) in [6, 6.07) is 9.53. The average Bonchev–Trinajstić information content (AvgIpc) is 3.33. The number of rotatable bonds is 12. The van der Waals surface area contributed by atoms with E-state index in [1.165, 1.54) is 11.8 Å². The molecule has 1 atom stereocenters. The van der Waals surface area contributed by atoms with E-state index in [0.29, 0.717) is 49.2 Å². The SMILES string of the molecule is COCCOc1ccc(CNCCC[C@H]2CN(c3ccc4c(c3)NC(=O)CS4)C(=O)O2)c2nc(OC)cnc12. The highest BCUT2D eigenvalue weighted by molar-refractivity contribution is 8.00. The maximum atomic E-state index is 12.5.